The van der Waals surface area contributed by atoms with Crippen molar-refractivity contribution >= 4 is 33.4 Å². The number of carbonyl (C=O) groups excluding carboxylic acids is 2. The molecule has 40 heavy (non-hydrogen) atoms. The molecule has 2 aromatic rings. The lowest BCUT2D eigenvalue weighted by Gasteiger charge is -2.36. The first-order valence-electron chi connectivity index (χ1n) is 12.7. The summed E-state index contributed by atoms with van der Waals surface area (Å²) in [4.78, 5) is 23.7. The highest BCUT2D eigenvalue weighted by molar-refractivity contribution is 7.92. The molecule has 0 radical (unpaired) electrons. The zero-order valence-electron chi connectivity index (χ0n) is 21.5. The molecule has 0 saturated heterocycles. The number of anilines is 2. The van der Waals surface area contributed by atoms with Gasteiger partial charge in [-0.3, -0.25) is 14.4 Å². The molecular weight excluding hydrogens is 558 g/mol. The second-order valence-electron chi connectivity index (χ2n) is 9.74. The maximum atomic E-state index is 13.7. The van der Waals surface area contributed by atoms with E-state index < -0.39 is 46.2 Å². The number of halogens is 4. The normalized spacial score (nSPS) is 18.7. The van der Waals surface area contributed by atoms with Crippen LogP contribution in [0.3, 0.4) is 0 Å². The Morgan fingerprint density at radius 1 is 1.10 bits per heavy atom. The number of rotatable bonds is 7. The molecule has 2 unspecified atom stereocenters. The molecule has 1 heterocycles. The highest BCUT2D eigenvalue weighted by atomic mass is 32.2. The second-order valence-corrected chi connectivity index (χ2v) is 11.6. The van der Waals surface area contributed by atoms with Gasteiger partial charge in [-0.15, -0.1) is 0 Å². The quantitative estimate of drug-likeness (QED) is 0.442. The standard InChI is InChI=1S/C26H29F4N3O6S/c1-16(34)31-14-20-15-33(40(36,37)21-10-7-18(27)8-11-21)22-13-19(9-12-23(22)38-20)32-25(35)39-24(26(28,29)30)17-5-3-2-4-6-17/h7-13,17,20,24H,2-6,14-15H2,1H3,(H,31,34)(H,32,35). The Bertz CT molecular complexity index is 1330. The minimum atomic E-state index is -4.74. The summed E-state index contributed by atoms with van der Waals surface area (Å²) in [5, 5.41) is 4.82. The zero-order chi connectivity index (χ0) is 29.1. The van der Waals surface area contributed by atoms with E-state index in [-0.39, 0.29) is 41.0 Å². The molecule has 1 fully saturated rings. The Morgan fingerprint density at radius 3 is 2.40 bits per heavy atom. The Kier molecular flexibility index (Phi) is 8.76. The lowest BCUT2D eigenvalue weighted by atomic mass is 9.85. The number of hydrogen-bond acceptors (Lipinski definition) is 6. The van der Waals surface area contributed by atoms with Crippen LogP contribution >= 0.6 is 0 Å². The summed E-state index contributed by atoms with van der Waals surface area (Å²) in [7, 11) is -4.28. The van der Waals surface area contributed by atoms with Gasteiger partial charge in [-0.25, -0.2) is 17.6 Å². The summed E-state index contributed by atoms with van der Waals surface area (Å²) in [6.07, 6.45) is -6.48. The molecule has 2 aliphatic rings. The van der Waals surface area contributed by atoms with Crippen molar-refractivity contribution in [1.82, 2.24) is 5.32 Å². The molecule has 4 rings (SSSR count). The van der Waals surface area contributed by atoms with Crippen LogP contribution < -0.4 is 19.7 Å². The minimum absolute atomic E-state index is 0.0131. The smallest absolute Gasteiger partial charge is 0.425 e. The lowest BCUT2D eigenvalue weighted by Crippen LogP contribution is -2.48. The number of amides is 2. The Balaban J connectivity index is 1.60. The van der Waals surface area contributed by atoms with Crippen molar-refractivity contribution in [3.05, 3.63) is 48.3 Å². The third-order valence-electron chi connectivity index (χ3n) is 6.75. The molecule has 9 nitrogen and oxygen atoms in total. The van der Waals surface area contributed by atoms with Gasteiger partial charge in [-0.2, -0.15) is 13.2 Å². The van der Waals surface area contributed by atoms with Crippen molar-refractivity contribution in [2.75, 3.05) is 22.7 Å². The van der Waals surface area contributed by atoms with Gasteiger partial charge >= 0.3 is 12.3 Å². The van der Waals surface area contributed by atoms with Crippen molar-refractivity contribution in [3.63, 3.8) is 0 Å². The van der Waals surface area contributed by atoms with Gasteiger partial charge in [0.1, 0.15) is 17.7 Å². The number of benzene rings is 2. The second kappa shape index (κ2) is 11.9. The van der Waals surface area contributed by atoms with Gasteiger partial charge in [-0.1, -0.05) is 19.3 Å². The van der Waals surface area contributed by atoms with Crippen LogP contribution in [0.25, 0.3) is 0 Å². The number of nitrogens with one attached hydrogen (secondary N) is 2. The van der Waals surface area contributed by atoms with Gasteiger partial charge in [0.05, 0.1) is 23.7 Å². The minimum Gasteiger partial charge on any atom is -0.484 e. The van der Waals surface area contributed by atoms with Crippen LogP contribution in [0, 0.1) is 11.7 Å². The summed E-state index contributed by atoms with van der Waals surface area (Å²) in [6.45, 7) is 1.02. The predicted octanol–water partition coefficient (Wildman–Crippen LogP) is 4.98. The number of hydrogen-bond donors (Lipinski definition) is 2. The third kappa shape index (κ3) is 6.95. The third-order valence-corrected chi connectivity index (χ3v) is 8.55. The van der Waals surface area contributed by atoms with Crippen molar-refractivity contribution in [2.24, 2.45) is 5.92 Å². The van der Waals surface area contributed by atoms with Crippen molar-refractivity contribution in [3.8, 4) is 5.75 Å². The molecular formula is C26H29F4N3O6S. The molecule has 2 atom stereocenters. The topological polar surface area (TPSA) is 114 Å². The number of sulfonamides is 1. The molecule has 1 aliphatic heterocycles. The predicted molar refractivity (Wildman–Crippen MR) is 137 cm³/mol. The molecule has 0 bridgehead atoms. The van der Waals surface area contributed by atoms with Gasteiger partial charge in [0.2, 0.25) is 12.0 Å². The molecule has 1 saturated carbocycles. The number of fused-ring (bicyclic) bond motifs is 1. The molecule has 1 aliphatic carbocycles. The Morgan fingerprint density at radius 2 is 1.77 bits per heavy atom. The van der Waals surface area contributed by atoms with Crippen LogP contribution in [0.5, 0.6) is 5.75 Å². The molecule has 2 N–H and O–H groups in total. The van der Waals surface area contributed by atoms with E-state index >= 15 is 0 Å². The lowest BCUT2D eigenvalue weighted by molar-refractivity contribution is -0.220. The van der Waals surface area contributed by atoms with E-state index in [0.717, 1.165) is 35.0 Å². The Hall–Kier alpha value is -3.55. The van der Waals surface area contributed by atoms with Crippen LogP contribution in [0.1, 0.15) is 39.0 Å². The fraction of sp³-hybridized carbons (Fsp3) is 0.462. The summed E-state index contributed by atoms with van der Waals surface area (Å²) >= 11 is 0. The van der Waals surface area contributed by atoms with Crippen molar-refractivity contribution in [1.29, 1.82) is 0 Å². The first-order chi connectivity index (χ1) is 18.8. The van der Waals surface area contributed by atoms with Crippen LogP contribution in [0.15, 0.2) is 47.4 Å². The van der Waals surface area contributed by atoms with Gasteiger partial charge in [0.25, 0.3) is 10.0 Å². The fourth-order valence-electron chi connectivity index (χ4n) is 4.84. The zero-order valence-corrected chi connectivity index (χ0v) is 22.4. The highest BCUT2D eigenvalue weighted by Crippen LogP contribution is 2.40. The number of alkyl halides is 3. The van der Waals surface area contributed by atoms with Gasteiger partial charge in [-0.05, 0) is 55.3 Å². The summed E-state index contributed by atoms with van der Waals surface area (Å²) in [6, 6.07) is 8.05. The number of ether oxygens (including phenoxy) is 2. The van der Waals surface area contributed by atoms with E-state index in [1.807, 2.05) is 0 Å². The molecule has 14 heteroatoms. The molecule has 2 aromatic carbocycles. The van der Waals surface area contributed by atoms with E-state index in [2.05, 4.69) is 10.6 Å². The Labute approximate surface area is 228 Å². The van der Waals surface area contributed by atoms with E-state index in [1.54, 1.807) is 0 Å². The molecule has 218 valence electrons. The summed E-state index contributed by atoms with van der Waals surface area (Å²) in [5.74, 6) is -1.75. The van der Waals surface area contributed by atoms with Crippen molar-refractivity contribution < 1.29 is 45.0 Å². The van der Waals surface area contributed by atoms with E-state index in [4.69, 9.17) is 9.47 Å². The van der Waals surface area contributed by atoms with Gasteiger partial charge < -0.3 is 14.8 Å². The SMILES string of the molecule is CC(=O)NCC1CN(S(=O)(=O)c2ccc(F)cc2)c2cc(NC(=O)OC(C3CCCCC3)C(F)(F)F)ccc2O1. The summed E-state index contributed by atoms with van der Waals surface area (Å²) in [5.41, 5.74) is -0.0441. The maximum Gasteiger partial charge on any atom is 0.425 e. The molecule has 2 amide bonds. The summed E-state index contributed by atoms with van der Waals surface area (Å²) < 4.78 is 93.3. The first-order valence-corrected chi connectivity index (χ1v) is 14.2. The van der Waals surface area contributed by atoms with Crippen LogP contribution in [-0.2, 0) is 19.6 Å². The van der Waals surface area contributed by atoms with Gasteiger partial charge in [0, 0.05) is 18.5 Å². The molecule has 0 aromatic heterocycles. The fourth-order valence-corrected chi connectivity index (χ4v) is 6.34. The van der Waals surface area contributed by atoms with Crippen LogP contribution in [0.4, 0.5) is 33.7 Å². The average Bonchev–Trinajstić information content (AvgIpc) is 2.90. The monoisotopic (exact) mass is 587 g/mol. The van der Waals surface area contributed by atoms with Gasteiger partial charge in [0.15, 0.2) is 0 Å². The maximum absolute atomic E-state index is 13.7. The molecule has 0 spiro atoms. The van der Waals surface area contributed by atoms with E-state index in [0.29, 0.717) is 25.7 Å². The average molecular weight is 588 g/mol. The largest absolute Gasteiger partial charge is 0.484 e. The van der Waals surface area contributed by atoms with Crippen molar-refractivity contribution in [2.45, 2.75) is 62.3 Å². The highest BCUT2D eigenvalue weighted by Gasteiger charge is 2.48. The van der Waals surface area contributed by atoms with E-state index in [9.17, 15) is 35.6 Å². The first kappa shape index (κ1) is 29.4. The van der Waals surface area contributed by atoms with E-state index in [1.165, 1.54) is 25.1 Å². The number of nitrogens with zero attached hydrogens (tertiary/aromatic N) is 1. The van der Waals surface area contributed by atoms with Crippen LogP contribution in [-0.4, -0.2) is 51.9 Å². The van der Waals surface area contributed by atoms with Crippen LogP contribution in [0.2, 0.25) is 0 Å². The number of carbonyl (C=O) groups is 2.